The van der Waals surface area contributed by atoms with Crippen LogP contribution in [0.4, 0.5) is 0 Å². The van der Waals surface area contributed by atoms with Crippen LogP contribution in [0.2, 0.25) is 0 Å². The first kappa shape index (κ1) is 11.7. The van der Waals surface area contributed by atoms with Crippen LogP contribution < -0.4 is 5.32 Å². The standard InChI is InChI=1S/C9H12BrNO2S/c1-11-6-7-5-8(10)3-4-9(7)14(2,12)13/h3-5,11H,6H2,1-2H3. The Hall–Kier alpha value is -0.390. The first-order chi connectivity index (χ1) is 6.45. The van der Waals surface area contributed by atoms with Crippen molar-refractivity contribution in [2.75, 3.05) is 13.3 Å². The number of sulfone groups is 1. The monoisotopic (exact) mass is 277 g/mol. The van der Waals surface area contributed by atoms with Crippen LogP contribution >= 0.6 is 15.9 Å². The molecule has 5 heteroatoms. The predicted molar refractivity (Wildman–Crippen MR) is 60.0 cm³/mol. The van der Waals surface area contributed by atoms with Gasteiger partial charge in [-0.25, -0.2) is 8.42 Å². The summed E-state index contributed by atoms with van der Waals surface area (Å²) in [6.45, 7) is 0.543. The maximum Gasteiger partial charge on any atom is 0.175 e. The Labute approximate surface area is 92.6 Å². The maximum absolute atomic E-state index is 11.4. The number of halogens is 1. The van der Waals surface area contributed by atoms with Crippen LogP contribution in [-0.4, -0.2) is 21.7 Å². The molecule has 3 nitrogen and oxygen atoms in total. The second kappa shape index (κ2) is 4.42. The fourth-order valence-electron chi connectivity index (χ4n) is 1.24. The summed E-state index contributed by atoms with van der Waals surface area (Å²) in [6.07, 6.45) is 1.22. The van der Waals surface area contributed by atoms with Crippen LogP contribution in [0.1, 0.15) is 5.56 Å². The van der Waals surface area contributed by atoms with E-state index in [4.69, 9.17) is 0 Å². The summed E-state index contributed by atoms with van der Waals surface area (Å²) in [5.74, 6) is 0. The summed E-state index contributed by atoms with van der Waals surface area (Å²) in [4.78, 5) is 0.384. The third kappa shape index (κ3) is 2.80. The molecule has 0 bridgehead atoms. The topological polar surface area (TPSA) is 46.2 Å². The van der Waals surface area contributed by atoms with Crippen LogP contribution in [0.25, 0.3) is 0 Å². The van der Waals surface area contributed by atoms with Crippen molar-refractivity contribution in [1.29, 1.82) is 0 Å². The van der Waals surface area contributed by atoms with E-state index >= 15 is 0 Å². The second-order valence-corrected chi connectivity index (χ2v) is 5.95. The zero-order valence-corrected chi connectivity index (χ0v) is 10.4. The third-order valence-electron chi connectivity index (χ3n) is 1.79. The lowest BCUT2D eigenvalue weighted by atomic mass is 10.2. The van der Waals surface area contributed by atoms with Gasteiger partial charge < -0.3 is 5.32 Å². The molecule has 1 aromatic carbocycles. The lowest BCUT2D eigenvalue weighted by Gasteiger charge is -2.07. The minimum Gasteiger partial charge on any atom is -0.316 e. The van der Waals surface area contributed by atoms with Crippen molar-refractivity contribution in [3.8, 4) is 0 Å². The average molecular weight is 278 g/mol. The van der Waals surface area contributed by atoms with E-state index in [1.807, 2.05) is 6.07 Å². The molecule has 1 aromatic rings. The third-order valence-corrected chi connectivity index (χ3v) is 3.48. The average Bonchev–Trinajstić information content (AvgIpc) is 2.02. The van der Waals surface area contributed by atoms with Gasteiger partial charge in [-0.2, -0.15) is 0 Å². The Morgan fingerprint density at radius 3 is 2.57 bits per heavy atom. The van der Waals surface area contributed by atoms with Crippen molar-refractivity contribution < 1.29 is 8.42 Å². The van der Waals surface area contributed by atoms with Crippen LogP contribution in [0, 0.1) is 0 Å². The lowest BCUT2D eigenvalue weighted by molar-refractivity contribution is 0.600. The molecular formula is C9H12BrNO2S. The van der Waals surface area contributed by atoms with Gasteiger partial charge in [0.25, 0.3) is 0 Å². The highest BCUT2D eigenvalue weighted by Gasteiger charge is 2.12. The van der Waals surface area contributed by atoms with E-state index in [9.17, 15) is 8.42 Å². The molecular weight excluding hydrogens is 266 g/mol. The summed E-state index contributed by atoms with van der Waals surface area (Å²) in [5.41, 5.74) is 0.782. The molecule has 0 saturated heterocycles. The van der Waals surface area contributed by atoms with Crippen LogP contribution in [0.3, 0.4) is 0 Å². The normalized spacial score (nSPS) is 11.6. The van der Waals surface area contributed by atoms with Gasteiger partial charge in [-0.3, -0.25) is 0 Å². The van der Waals surface area contributed by atoms with Crippen molar-refractivity contribution in [2.24, 2.45) is 0 Å². The Kier molecular flexibility index (Phi) is 3.69. The second-order valence-electron chi connectivity index (χ2n) is 3.05. The Morgan fingerprint density at radius 2 is 2.07 bits per heavy atom. The summed E-state index contributed by atoms with van der Waals surface area (Å²) >= 11 is 3.31. The van der Waals surface area contributed by atoms with Gasteiger partial charge in [-0.05, 0) is 30.8 Å². The number of hydrogen-bond acceptors (Lipinski definition) is 3. The van der Waals surface area contributed by atoms with E-state index in [1.165, 1.54) is 6.26 Å². The van der Waals surface area contributed by atoms with Crippen molar-refractivity contribution in [2.45, 2.75) is 11.4 Å². The van der Waals surface area contributed by atoms with E-state index < -0.39 is 9.84 Å². The fraction of sp³-hybridized carbons (Fsp3) is 0.333. The van der Waals surface area contributed by atoms with Gasteiger partial charge in [0.2, 0.25) is 0 Å². The van der Waals surface area contributed by atoms with E-state index in [0.29, 0.717) is 11.4 Å². The molecule has 0 saturated carbocycles. The van der Waals surface area contributed by atoms with Gasteiger partial charge in [0, 0.05) is 17.3 Å². The molecule has 0 heterocycles. The van der Waals surface area contributed by atoms with Crippen LogP contribution in [-0.2, 0) is 16.4 Å². The van der Waals surface area contributed by atoms with Crippen LogP contribution in [0.15, 0.2) is 27.6 Å². The Balaban J connectivity index is 3.29. The minimum absolute atomic E-state index is 0.384. The molecule has 0 spiro atoms. The summed E-state index contributed by atoms with van der Waals surface area (Å²) < 4.78 is 23.7. The summed E-state index contributed by atoms with van der Waals surface area (Å²) in [6, 6.07) is 5.16. The van der Waals surface area contributed by atoms with Gasteiger partial charge in [0.05, 0.1) is 4.90 Å². The Bertz CT molecular complexity index is 428. The van der Waals surface area contributed by atoms with E-state index in [0.717, 1.165) is 10.0 Å². The molecule has 0 amide bonds. The maximum atomic E-state index is 11.4. The predicted octanol–water partition coefficient (Wildman–Crippen LogP) is 1.57. The summed E-state index contributed by atoms with van der Waals surface area (Å²) in [7, 11) is -1.35. The molecule has 14 heavy (non-hydrogen) atoms. The quantitative estimate of drug-likeness (QED) is 0.913. The number of benzene rings is 1. The van der Waals surface area contributed by atoms with Crippen molar-refractivity contribution in [1.82, 2.24) is 5.32 Å². The minimum atomic E-state index is -3.13. The molecule has 78 valence electrons. The molecule has 0 aliphatic rings. The van der Waals surface area contributed by atoms with Crippen molar-refractivity contribution in [3.63, 3.8) is 0 Å². The molecule has 0 aromatic heterocycles. The molecule has 0 fully saturated rings. The highest BCUT2D eigenvalue weighted by atomic mass is 79.9. The first-order valence-electron chi connectivity index (χ1n) is 4.08. The summed E-state index contributed by atoms with van der Waals surface area (Å²) in [5, 5.41) is 2.94. The van der Waals surface area contributed by atoms with E-state index in [2.05, 4.69) is 21.2 Å². The van der Waals surface area contributed by atoms with Crippen molar-refractivity contribution >= 4 is 25.8 Å². The molecule has 0 radical (unpaired) electrons. The number of hydrogen-bond donors (Lipinski definition) is 1. The largest absolute Gasteiger partial charge is 0.316 e. The van der Waals surface area contributed by atoms with Gasteiger partial charge >= 0.3 is 0 Å². The molecule has 1 N–H and O–H groups in total. The molecule has 0 aliphatic carbocycles. The molecule has 0 unspecified atom stereocenters. The van der Waals surface area contributed by atoms with Crippen molar-refractivity contribution in [3.05, 3.63) is 28.2 Å². The molecule has 1 rings (SSSR count). The smallest absolute Gasteiger partial charge is 0.175 e. The SMILES string of the molecule is CNCc1cc(Br)ccc1S(C)(=O)=O. The lowest BCUT2D eigenvalue weighted by Crippen LogP contribution is -2.10. The van der Waals surface area contributed by atoms with Gasteiger partial charge in [0.1, 0.15) is 0 Å². The number of nitrogens with one attached hydrogen (secondary N) is 1. The van der Waals surface area contributed by atoms with Gasteiger partial charge in [-0.1, -0.05) is 15.9 Å². The fourth-order valence-corrected chi connectivity index (χ4v) is 2.57. The zero-order valence-electron chi connectivity index (χ0n) is 8.04. The highest BCUT2D eigenvalue weighted by Crippen LogP contribution is 2.20. The molecule has 0 aliphatic heterocycles. The van der Waals surface area contributed by atoms with Crippen LogP contribution in [0.5, 0.6) is 0 Å². The van der Waals surface area contributed by atoms with Gasteiger partial charge in [-0.15, -0.1) is 0 Å². The number of rotatable bonds is 3. The van der Waals surface area contributed by atoms with Gasteiger partial charge in [0.15, 0.2) is 9.84 Å². The highest BCUT2D eigenvalue weighted by molar-refractivity contribution is 9.10. The van der Waals surface area contributed by atoms with E-state index in [1.54, 1.807) is 19.2 Å². The first-order valence-corrected chi connectivity index (χ1v) is 6.76. The Morgan fingerprint density at radius 1 is 1.43 bits per heavy atom. The molecule has 0 atom stereocenters. The van der Waals surface area contributed by atoms with E-state index in [-0.39, 0.29) is 0 Å². The zero-order chi connectivity index (χ0) is 10.8.